The van der Waals surface area contributed by atoms with Gasteiger partial charge in [0.25, 0.3) is 0 Å². The lowest BCUT2D eigenvalue weighted by atomic mass is 10.2. The minimum atomic E-state index is 0.282. The van der Waals surface area contributed by atoms with E-state index >= 15 is 0 Å². The number of aromatic nitrogens is 4. The van der Waals surface area contributed by atoms with Crippen molar-refractivity contribution in [1.29, 1.82) is 0 Å². The number of nitrogens with zero attached hydrogens (tertiary/aromatic N) is 5. The highest BCUT2D eigenvalue weighted by molar-refractivity contribution is 5.81. The van der Waals surface area contributed by atoms with Crippen LogP contribution in [0.15, 0.2) is 25.3 Å². The molecule has 0 aliphatic carbocycles. The summed E-state index contributed by atoms with van der Waals surface area (Å²) >= 11 is 0. The smallest absolute Gasteiger partial charge is 0.165 e. The van der Waals surface area contributed by atoms with Gasteiger partial charge in [0, 0.05) is 32.3 Å². The van der Waals surface area contributed by atoms with Crippen LogP contribution in [0.3, 0.4) is 0 Å². The van der Waals surface area contributed by atoms with Crippen LogP contribution < -0.4 is 5.73 Å². The molecule has 0 unspecified atom stereocenters. The quantitative estimate of drug-likeness (QED) is 0.804. The second-order valence-electron chi connectivity index (χ2n) is 5.54. The normalized spacial score (nSPS) is 22.4. The molecule has 0 bridgehead atoms. The monoisotopic (exact) mass is 302 g/mol. The third-order valence-corrected chi connectivity index (χ3v) is 4.09. The second-order valence-corrected chi connectivity index (χ2v) is 5.54. The lowest BCUT2D eigenvalue weighted by molar-refractivity contribution is 0.0698. The van der Waals surface area contributed by atoms with Gasteiger partial charge in [0.2, 0.25) is 0 Å². The number of hydrogen-bond acceptors (Lipinski definition) is 6. The maximum absolute atomic E-state index is 5.84. The van der Waals surface area contributed by atoms with E-state index in [9.17, 15) is 0 Å². The third kappa shape index (κ3) is 2.82. The molecule has 0 saturated carbocycles. The van der Waals surface area contributed by atoms with Gasteiger partial charge in [-0.05, 0) is 13.3 Å². The fourth-order valence-corrected chi connectivity index (χ4v) is 3.13. The van der Waals surface area contributed by atoms with Gasteiger partial charge in [0.1, 0.15) is 11.8 Å². The molecule has 1 aliphatic rings. The molecule has 118 valence electrons. The van der Waals surface area contributed by atoms with Gasteiger partial charge >= 0.3 is 0 Å². The Morgan fingerprint density at radius 2 is 2.32 bits per heavy atom. The molecule has 3 rings (SSSR count). The van der Waals surface area contributed by atoms with E-state index in [1.807, 2.05) is 17.6 Å². The first-order chi connectivity index (χ1) is 10.7. The highest BCUT2D eigenvalue weighted by atomic mass is 16.5. The average molecular weight is 302 g/mol. The van der Waals surface area contributed by atoms with Crippen molar-refractivity contribution < 1.29 is 4.74 Å². The van der Waals surface area contributed by atoms with Crippen molar-refractivity contribution in [3.8, 4) is 0 Å². The maximum atomic E-state index is 5.84. The van der Waals surface area contributed by atoms with Gasteiger partial charge in [-0.2, -0.15) is 0 Å². The Morgan fingerprint density at radius 1 is 1.45 bits per heavy atom. The molecule has 2 N–H and O–H groups in total. The van der Waals surface area contributed by atoms with E-state index in [4.69, 9.17) is 10.5 Å². The van der Waals surface area contributed by atoms with Crippen molar-refractivity contribution in [3.05, 3.63) is 25.3 Å². The van der Waals surface area contributed by atoms with Crippen LogP contribution >= 0.6 is 0 Å². The lowest BCUT2D eigenvalue weighted by Gasteiger charge is -2.22. The van der Waals surface area contributed by atoms with Gasteiger partial charge in [-0.15, -0.1) is 6.58 Å². The Bertz CT molecular complexity index is 655. The molecule has 0 amide bonds. The molecule has 1 fully saturated rings. The maximum Gasteiger partial charge on any atom is 0.165 e. The zero-order valence-corrected chi connectivity index (χ0v) is 12.9. The van der Waals surface area contributed by atoms with Crippen LogP contribution in [-0.4, -0.2) is 56.3 Å². The summed E-state index contributed by atoms with van der Waals surface area (Å²) in [5, 5.41) is 0. The fourth-order valence-electron chi connectivity index (χ4n) is 3.13. The lowest BCUT2D eigenvalue weighted by Crippen LogP contribution is -2.33. The summed E-state index contributed by atoms with van der Waals surface area (Å²) in [4.78, 5) is 15.0. The predicted octanol–water partition coefficient (Wildman–Crippen LogP) is 1.07. The molecule has 0 radical (unpaired) electrons. The second kappa shape index (κ2) is 6.41. The summed E-state index contributed by atoms with van der Waals surface area (Å²) in [6.07, 6.45) is 6.49. The topological polar surface area (TPSA) is 82.1 Å². The van der Waals surface area contributed by atoms with E-state index in [1.165, 1.54) is 6.33 Å². The molecule has 0 spiro atoms. The summed E-state index contributed by atoms with van der Waals surface area (Å²) in [6.45, 7) is 9.24. The molecular formula is C15H22N6O. The van der Waals surface area contributed by atoms with Crippen molar-refractivity contribution in [2.24, 2.45) is 0 Å². The molecule has 2 aromatic heterocycles. The summed E-state index contributed by atoms with van der Waals surface area (Å²) in [6, 6.07) is 0.378. The van der Waals surface area contributed by atoms with Crippen molar-refractivity contribution in [2.45, 2.75) is 32.0 Å². The molecule has 7 nitrogen and oxygen atoms in total. The Kier molecular flexibility index (Phi) is 4.35. The standard InChI is InChI=1S/C15H22N6O/c1-3-5-20-8-12(22-4-2)6-11(20)7-21-10-19-13-14(16)17-9-18-15(13)21/h3,9-12H,1,4-8H2,2H3,(H2,16,17,18)/t11-,12-/m1/s1. The number of imidazole rings is 1. The van der Waals surface area contributed by atoms with Gasteiger partial charge in [0.15, 0.2) is 11.5 Å². The van der Waals surface area contributed by atoms with Crippen LogP contribution in [0.4, 0.5) is 5.82 Å². The number of ether oxygens (including phenoxy) is 1. The number of rotatable bonds is 6. The SMILES string of the molecule is C=CCN1C[C@H](OCC)C[C@@H]1Cn1cnc2c(N)ncnc21. The Labute approximate surface area is 129 Å². The molecule has 1 saturated heterocycles. The van der Waals surface area contributed by atoms with E-state index in [0.717, 1.165) is 38.3 Å². The Hall–Kier alpha value is -1.99. The molecule has 3 heterocycles. The number of nitrogens with two attached hydrogens (primary N) is 1. The van der Waals surface area contributed by atoms with E-state index in [1.54, 1.807) is 6.33 Å². The fraction of sp³-hybridized carbons (Fsp3) is 0.533. The van der Waals surface area contributed by atoms with Gasteiger partial charge in [-0.3, -0.25) is 4.90 Å². The summed E-state index contributed by atoms with van der Waals surface area (Å²) in [7, 11) is 0. The van der Waals surface area contributed by atoms with Crippen molar-refractivity contribution in [2.75, 3.05) is 25.4 Å². The molecule has 22 heavy (non-hydrogen) atoms. The number of fused-ring (bicyclic) bond motifs is 1. The molecule has 0 aromatic carbocycles. The van der Waals surface area contributed by atoms with Crippen molar-refractivity contribution >= 4 is 17.0 Å². The number of hydrogen-bond donors (Lipinski definition) is 1. The summed E-state index contributed by atoms with van der Waals surface area (Å²) in [5.41, 5.74) is 7.29. The van der Waals surface area contributed by atoms with E-state index in [0.29, 0.717) is 17.4 Å². The molecule has 1 aliphatic heterocycles. The van der Waals surface area contributed by atoms with Crippen LogP contribution in [0.1, 0.15) is 13.3 Å². The Balaban J connectivity index is 1.80. The van der Waals surface area contributed by atoms with Gasteiger partial charge in [-0.25, -0.2) is 15.0 Å². The van der Waals surface area contributed by atoms with Crippen LogP contribution in [0.25, 0.3) is 11.2 Å². The molecule has 2 aromatic rings. The van der Waals surface area contributed by atoms with E-state index in [2.05, 4.69) is 26.4 Å². The summed E-state index contributed by atoms with van der Waals surface area (Å²) in [5.74, 6) is 0.422. The third-order valence-electron chi connectivity index (χ3n) is 4.09. The highest BCUT2D eigenvalue weighted by Crippen LogP contribution is 2.23. The van der Waals surface area contributed by atoms with Crippen LogP contribution in [0.2, 0.25) is 0 Å². The van der Waals surface area contributed by atoms with Gasteiger partial charge < -0.3 is 15.0 Å². The average Bonchev–Trinajstić information content (AvgIpc) is 3.07. The minimum Gasteiger partial charge on any atom is -0.382 e. The number of anilines is 1. The van der Waals surface area contributed by atoms with Gasteiger partial charge in [-0.1, -0.05) is 6.08 Å². The molecule has 2 atom stereocenters. The van der Waals surface area contributed by atoms with E-state index < -0.39 is 0 Å². The number of likely N-dealkylation sites (tertiary alicyclic amines) is 1. The largest absolute Gasteiger partial charge is 0.382 e. The molecule has 7 heteroatoms. The predicted molar refractivity (Wildman–Crippen MR) is 85.3 cm³/mol. The first kappa shape index (κ1) is 14.9. The molecular weight excluding hydrogens is 280 g/mol. The number of nitrogen functional groups attached to an aromatic ring is 1. The minimum absolute atomic E-state index is 0.282. The zero-order chi connectivity index (χ0) is 15.5. The first-order valence-electron chi connectivity index (χ1n) is 7.60. The van der Waals surface area contributed by atoms with Crippen molar-refractivity contribution in [1.82, 2.24) is 24.4 Å². The highest BCUT2D eigenvalue weighted by Gasteiger charge is 2.32. The summed E-state index contributed by atoms with van der Waals surface area (Å²) < 4.78 is 7.83. The Morgan fingerprint density at radius 3 is 3.09 bits per heavy atom. The zero-order valence-electron chi connectivity index (χ0n) is 12.9. The van der Waals surface area contributed by atoms with Crippen molar-refractivity contribution in [3.63, 3.8) is 0 Å². The van der Waals surface area contributed by atoms with Gasteiger partial charge in [0.05, 0.1) is 12.4 Å². The van der Waals surface area contributed by atoms with E-state index in [-0.39, 0.29) is 6.10 Å². The van der Waals surface area contributed by atoms with Crippen LogP contribution in [0.5, 0.6) is 0 Å². The van der Waals surface area contributed by atoms with Crippen LogP contribution in [0, 0.1) is 0 Å². The van der Waals surface area contributed by atoms with Crippen LogP contribution in [-0.2, 0) is 11.3 Å². The first-order valence-corrected chi connectivity index (χ1v) is 7.60.